The van der Waals surface area contributed by atoms with Gasteiger partial charge < -0.3 is 9.64 Å². The highest BCUT2D eigenvalue weighted by Crippen LogP contribution is 2.33. The van der Waals surface area contributed by atoms with Crippen molar-refractivity contribution in [2.45, 2.75) is 45.6 Å². The molecule has 1 aromatic carbocycles. The second kappa shape index (κ2) is 11.3. The standard InChI is InChI=1S/C28H39N5OS/c1-21(2)28-30-24(20-35-28)25(9-13-31-16-18-34-19-17-31)32-11-5-12-33(15-14-32)27-22(3)7-8-23-6-4-10-29-26(23)27/h4,6-8,10,20-21,25H,5,9,11-19H2,1-3H3. The van der Waals surface area contributed by atoms with Crippen LogP contribution >= 0.6 is 11.3 Å². The minimum Gasteiger partial charge on any atom is -0.379 e. The van der Waals surface area contributed by atoms with Gasteiger partial charge in [-0.15, -0.1) is 11.3 Å². The molecule has 0 saturated carbocycles. The van der Waals surface area contributed by atoms with Crippen LogP contribution in [0.1, 0.15) is 54.9 Å². The maximum absolute atomic E-state index is 5.57. The van der Waals surface area contributed by atoms with Gasteiger partial charge in [0.2, 0.25) is 0 Å². The summed E-state index contributed by atoms with van der Waals surface area (Å²) in [6, 6.07) is 9.01. The predicted octanol–water partition coefficient (Wildman–Crippen LogP) is 5.10. The molecule has 35 heavy (non-hydrogen) atoms. The topological polar surface area (TPSA) is 44.7 Å². The van der Waals surface area contributed by atoms with Crippen LogP contribution in [-0.2, 0) is 4.74 Å². The summed E-state index contributed by atoms with van der Waals surface area (Å²) in [6.07, 6.45) is 4.19. The Balaban J connectivity index is 1.35. The first-order valence-corrected chi connectivity index (χ1v) is 14.1. The lowest BCUT2D eigenvalue weighted by Crippen LogP contribution is -2.40. The van der Waals surface area contributed by atoms with Crippen LogP contribution in [0.3, 0.4) is 0 Å². The monoisotopic (exact) mass is 493 g/mol. The number of benzene rings is 1. The zero-order valence-corrected chi connectivity index (χ0v) is 22.3. The first kappa shape index (κ1) is 24.6. The molecule has 0 bridgehead atoms. The molecule has 7 heteroatoms. The lowest BCUT2D eigenvalue weighted by atomic mass is 10.1. The summed E-state index contributed by atoms with van der Waals surface area (Å²) >= 11 is 1.83. The van der Waals surface area contributed by atoms with E-state index >= 15 is 0 Å². The third kappa shape index (κ3) is 5.69. The number of rotatable bonds is 7. The Kier molecular flexibility index (Phi) is 7.97. The number of nitrogens with zero attached hydrogens (tertiary/aromatic N) is 5. The van der Waals surface area contributed by atoms with Gasteiger partial charge in [-0.25, -0.2) is 4.98 Å². The number of pyridine rings is 1. The van der Waals surface area contributed by atoms with Gasteiger partial charge in [-0.05, 0) is 31.4 Å². The van der Waals surface area contributed by atoms with Gasteiger partial charge in [-0.3, -0.25) is 14.8 Å². The van der Waals surface area contributed by atoms with Crippen LogP contribution in [0, 0.1) is 6.92 Å². The second-order valence-electron chi connectivity index (χ2n) is 10.2. The molecule has 3 aromatic rings. The van der Waals surface area contributed by atoms with Crippen LogP contribution in [0.25, 0.3) is 10.9 Å². The number of thiazole rings is 1. The van der Waals surface area contributed by atoms with Crippen molar-refractivity contribution in [3.63, 3.8) is 0 Å². The van der Waals surface area contributed by atoms with Crippen LogP contribution in [0.2, 0.25) is 0 Å². The van der Waals surface area contributed by atoms with Crippen molar-refractivity contribution in [1.82, 2.24) is 19.8 Å². The average Bonchev–Trinajstić information content (AvgIpc) is 3.25. The van der Waals surface area contributed by atoms with E-state index in [4.69, 9.17) is 14.7 Å². The third-order valence-electron chi connectivity index (χ3n) is 7.43. The smallest absolute Gasteiger partial charge is 0.0954 e. The number of ether oxygens (including phenoxy) is 1. The summed E-state index contributed by atoms with van der Waals surface area (Å²) in [5, 5.41) is 4.80. The molecule has 0 aliphatic carbocycles. The van der Waals surface area contributed by atoms with Crippen molar-refractivity contribution >= 4 is 27.9 Å². The summed E-state index contributed by atoms with van der Waals surface area (Å²) in [4.78, 5) is 17.7. The number of aromatic nitrogens is 2. The van der Waals surface area contributed by atoms with Gasteiger partial charge in [-0.2, -0.15) is 0 Å². The first-order valence-electron chi connectivity index (χ1n) is 13.2. The number of fused-ring (bicyclic) bond motifs is 1. The molecule has 2 fully saturated rings. The Morgan fingerprint density at radius 2 is 1.89 bits per heavy atom. The largest absolute Gasteiger partial charge is 0.379 e. The van der Waals surface area contributed by atoms with Crippen LogP contribution in [0.4, 0.5) is 5.69 Å². The van der Waals surface area contributed by atoms with Gasteiger partial charge in [0, 0.05) is 68.7 Å². The van der Waals surface area contributed by atoms with E-state index in [1.165, 1.54) is 27.3 Å². The molecule has 2 aliphatic rings. The molecule has 5 rings (SSSR count). The number of hydrogen-bond donors (Lipinski definition) is 0. The van der Waals surface area contributed by atoms with Gasteiger partial charge in [0.1, 0.15) is 0 Å². The molecule has 2 aliphatic heterocycles. The molecular formula is C28H39N5OS. The van der Waals surface area contributed by atoms with Crippen molar-refractivity contribution in [3.05, 3.63) is 52.1 Å². The van der Waals surface area contributed by atoms with Crippen LogP contribution < -0.4 is 4.90 Å². The fraction of sp³-hybridized carbons (Fsp3) is 0.571. The molecule has 2 aromatic heterocycles. The van der Waals surface area contributed by atoms with Crippen molar-refractivity contribution in [2.24, 2.45) is 0 Å². The van der Waals surface area contributed by atoms with E-state index in [-0.39, 0.29) is 0 Å². The molecule has 2 saturated heterocycles. The highest BCUT2D eigenvalue weighted by atomic mass is 32.1. The van der Waals surface area contributed by atoms with E-state index in [1.54, 1.807) is 0 Å². The Morgan fingerprint density at radius 3 is 2.69 bits per heavy atom. The Morgan fingerprint density at radius 1 is 1.03 bits per heavy atom. The summed E-state index contributed by atoms with van der Waals surface area (Å²) in [6.45, 7) is 15.9. The van der Waals surface area contributed by atoms with Gasteiger partial charge in [0.15, 0.2) is 0 Å². The van der Waals surface area contributed by atoms with Gasteiger partial charge in [0.25, 0.3) is 0 Å². The number of anilines is 1. The maximum atomic E-state index is 5.57. The Hall–Kier alpha value is -2.06. The van der Waals surface area contributed by atoms with E-state index in [0.717, 1.165) is 77.4 Å². The molecule has 1 atom stereocenters. The Bertz CT molecular complexity index is 1110. The number of aryl methyl sites for hydroxylation is 1. The zero-order valence-electron chi connectivity index (χ0n) is 21.4. The average molecular weight is 494 g/mol. The van der Waals surface area contributed by atoms with Crippen molar-refractivity contribution in [1.29, 1.82) is 0 Å². The van der Waals surface area contributed by atoms with E-state index < -0.39 is 0 Å². The normalized spacial score (nSPS) is 19.4. The van der Waals surface area contributed by atoms with E-state index in [1.807, 2.05) is 23.6 Å². The molecule has 0 amide bonds. The number of hydrogen-bond acceptors (Lipinski definition) is 7. The molecule has 0 radical (unpaired) electrons. The Labute approximate surface area is 213 Å². The van der Waals surface area contributed by atoms with E-state index in [9.17, 15) is 0 Å². The van der Waals surface area contributed by atoms with Crippen LogP contribution in [0.5, 0.6) is 0 Å². The molecule has 0 N–H and O–H groups in total. The van der Waals surface area contributed by atoms with Crippen molar-refractivity contribution < 1.29 is 4.74 Å². The molecule has 6 nitrogen and oxygen atoms in total. The number of morpholine rings is 1. The molecule has 188 valence electrons. The van der Waals surface area contributed by atoms with E-state index in [2.05, 4.69) is 59.1 Å². The fourth-order valence-electron chi connectivity index (χ4n) is 5.47. The summed E-state index contributed by atoms with van der Waals surface area (Å²) < 4.78 is 5.57. The first-order chi connectivity index (χ1) is 17.1. The quantitative estimate of drug-likeness (QED) is 0.456. The minimum atomic E-state index is 0.369. The SMILES string of the molecule is Cc1ccc2cccnc2c1N1CCCN(C(CCN2CCOCC2)c2csc(C(C)C)n2)CC1. The summed E-state index contributed by atoms with van der Waals surface area (Å²) in [5.74, 6) is 0.482. The van der Waals surface area contributed by atoms with E-state index in [0.29, 0.717) is 12.0 Å². The van der Waals surface area contributed by atoms with Gasteiger partial charge in [-0.1, -0.05) is 32.0 Å². The molecule has 1 unspecified atom stereocenters. The molecule has 4 heterocycles. The lowest BCUT2D eigenvalue weighted by Gasteiger charge is -2.33. The third-order valence-corrected chi connectivity index (χ3v) is 8.60. The van der Waals surface area contributed by atoms with Gasteiger partial charge in [0.05, 0.1) is 41.2 Å². The second-order valence-corrected chi connectivity index (χ2v) is 11.1. The molecule has 0 spiro atoms. The highest BCUT2D eigenvalue weighted by molar-refractivity contribution is 7.09. The molecular weight excluding hydrogens is 454 g/mol. The maximum Gasteiger partial charge on any atom is 0.0954 e. The van der Waals surface area contributed by atoms with Crippen molar-refractivity contribution in [3.8, 4) is 0 Å². The van der Waals surface area contributed by atoms with Gasteiger partial charge >= 0.3 is 0 Å². The highest BCUT2D eigenvalue weighted by Gasteiger charge is 2.27. The minimum absolute atomic E-state index is 0.369. The predicted molar refractivity (Wildman–Crippen MR) is 146 cm³/mol. The summed E-state index contributed by atoms with van der Waals surface area (Å²) in [7, 11) is 0. The van der Waals surface area contributed by atoms with Crippen LogP contribution in [0.15, 0.2) is 35.8 Å². The fourth-order valence-corrected chi connectivity index (χ4v) is 6.35. The van der Waals surface area contributed by atoms with Crippen LogP contribution in [-0.4, -0.2) is 78.8 Å². The van der Waals surface area contributed by atoms with Crippen molar-refractivity contribution in [2.75, 3.05) is 63.9 Å². The summed E-state index contributed by atoms with van der Waals surface area (Å²) in [5.41, 5.74) is 5.02. The zero-order chi connectivity index (χ0) is 24.2. The lowest BCUT2D eigenvalue weighted by molar-refractivity contribution is 0.0328.